The molecular weight excluding hydrogens is 208 g/mol. The Morgan fingerprint density at radius 1 is 1.57 bits per heavy atom. The molecule has 1 N–H and O–H groups in total. The first-order chi connectivity index (χ1) is 6.49. The maximum Gasteiger partial charge on any atom is 0.250 e. The molecule has 78 valence electrons. The summed E-state index contributed by atoms with van der Waals surface area (Å²) >= 11 is 0. The van der Waals surface area contributed by atoms with Gasteiger partial charge in [-0.25, -0.2) is 13.4 Å². The smallest absolute Gasteiger partial charge is 0.250 e. The molecule has 6 nitrogen and oxygen atoms in total. The van der Waals surface area contributed by atoms with Crippen LogP contribution in [0.4, 0.5) is 0 Å². The molecule has 1 aromatic heterocycles. The van der Waals surface area contributed by atoms with Crippen LogP contribution < -0.4 is 4.74 Å². The number of aromatic nitrogens is 2. The number of rotatable bonds is 3. The van der Waals surface area contributed by atoms with Gasteiger partial charge in [-0.15, -0.1) is 0 Å². The van der Waals surface area contributed by atoms with Crippen molar-refractivity contribution < 1.29 is 18.3 Å². The van der Waals surface area contributed by atoms with Crippen LogP contribution in [0.3, 0.4) is 0 Å². The minimum atomic E-state index is -3.44. The lowest BCUT2D eigenvalue weighted by molar-refractivity contribution is 0.269. The Kier molecular flexibility index (Phi) is 3.02. The molecule has 0 fully saturated rings. The third-order valence-electron chi connectivity index (χ3n) is 1.50. The predicted molar refractivity (Wildman–Crippen MR) is 47.6 cm³/mol. The summed E-state index contributed by atoms with van der Waals surface area (Å²) in [6, 6.07) is 0. The van der Waals surface area contributed by atoms with Crippen molar-refractivity contribution in [2.75, 3.05) is 13.4 Å². The molecular formula is C7H10N2O4S. The maximum absolute atomic E-state index is 11.1. The van der Waals surface area contributed by atoms with E-state index in [0.29, 0.717) is 5.56 Å². The molecule has 1 heterocycles. The Balaban J connectivity index is 3.28. The number of aliphatic hydroxyl groups is 1. The van der Waals surface area contributed by atoms with Crippen LogP contribution in [-0.2, 0) is 16.4 Å². The molecule has 0 aliphatic heterocycles. The Labute approximate surface area is 81.5 Å². The van der Waals surface area contributed by atoms with Crippen LogP contribution in [0.25, 0.3) is 0 Å². The van der Waals surface area contributed by atoms with E-state index in [4.69, 9.17) is 9.84 Å². The Bertz CT molecular complexity index is 429. The molecule has 1 rings (SSSR count). The maximum atomic E-state index is 11.1. The summed E-state index contributed by atoms with van der Waals surface area (Å²) < 4.78 is 26.9. The van der Waals surface area contributed by atoms with Crippen molar-refractivity contribution in [1.29, 1.82) is 0 Å². The van der Waals surface area contributed by atoms with Gasteiger partial charge < -0.3 is 9.84 Å². The summed E-state index contributed by atoms with van der Waals surface area (Å²) in [6.45, 7) is -0.298. The van der Waals surface area contributed by atoms with Crippen LogP contribution in [0, 0.1) is 0 Å². The highest BCUT2D eigenvalue weighted by molar-refractivity contribution is 7.90. The fourth-order valence-electron chi connectivity index (χ4n) is 0.840. The van der Waals surface area contributed by atoms with Gasteiger partial charge in [0, 0.05) is 12.5 Å². The second kappa shape index (κ2) is 3.89. The third kappa shape index (κ3) is 2.18. The largest absolute Gasteiger partial charge is 0.481 e. The number of ether oxygens (including phenoxy) is 1. The highest BCUT2D eigenvalue weighted by atomic mass is 32.2. The van der Waals surface area contributed by atoms with Crippen LogP contribution in [-0.4, -0.2) is 36.9 Å². The molecule has 1 aromatic rings. The average molecular weight is 218 g/mol. The summed E-state index contributed by atoms with van der Waals surface area (Å²) in [4.78, 5) is 7.24. The van der Waals surface area contributed by atoms with Crippen LogP contribution in [0.15, 0.2) is 11.4 Å². The monoisotopic (exact) mass is 218 g/mol. The van der Waals surface area contributed by atoms with E-state index in [1.54, 1.807) is 0 Å². The second-order valence-electron chi connectivity index (χ2n) is 2.62. The van der Waals surface area contributed by atoms with Gasteiger partial charge in [-0.3, -0.25) is 0 Å². The normalized spacial score (nSPS) is 11.4. The second-order valence-corrected chi connectivity index (χ2v) is 4.53. The first-order valence-corrected chi connectivity index (χ1v) is 5.59. The predicted octanol–water partition coefficient (Wildman–Crippen LogP) is -0.619. The molecule has 14 heavy (non-hydrogen) atoms. The highest BCUT2D eigenvalue weighted by Crippen LogP contribution is 2.15. The number of aliphatic hydroxyl groups excluding tert-OH is 1. The first-order valence-electron chi connectivity index (χ1n) is 3.70. The van der Waals surface area contributed by atoms with E-state index >= 15 is 0 Å². The Hall–Kier alpha value is -1.21. The molecule has 0 amide bonds. The molecule has 0 spiro atoms. The number of hydrogen-bond acceptors (Lipinski definition) is 6. The molecule has 0 bridgehead atoms. The third-order valence-corrected chi connectivity index (χ3v) is 2.36. The van der Waals surface area contributed by atoms with Crippen LogP contribution in [0.1, 0.15) is 5.56 Å². The minimum Gasteiger partial charge on any atom is -0.481 e. The number of nitrogens with zero attached hydrogens (tertiary/aromatic N) is 2. The highest BCUT2D eigenvalue weighted by Gasteiger charge is 2.14. The molecule has 0 atom stereocenters. The lowest BCUT2D eigenvalue weighted by atomic mass is 10.3. The molecule has 0 radical (unpaired) electrons. The van der Waals surface area contributed by atoms with E-state index in [9.17, 15) is 8.42 Å². The fourth-order valence-corrected chi connectivity index (χ4v) is 1.33. The summed E-state index contributed by atoms with van der Waals surface area (Å²) in [6.07, 6.45) is 2.22. The fraction of sp³-hybridized carbons (Fsp3) is 0.429. The number of hydrogen-bond donors (Lipinski definition) is 1. The molecule has 7 heteroatoms. The van der Waals surface area contributed by atoms with E-state index in [0.717, 1.165) is 6.26 Å². The van der Waals surface area contributed by atoms with Gasteiger partial charge in [0.05, 0.1) is 19.3 Å². The lowest BCUT2D eigenvalue weighted by Gasteiger charge is -2.05. The van der Waals surface area contributed by atoms with Gasteiger partial charge in [0.1, 0.15) is 0 Å². The molecule has 0 aliphatic rings. The molecule has 0 aliphatic carbocycles. The van der Waals surface area contributed by atoms with Gasteiger partial charge >= 0.3 is 0 Å². The van der Waals surface area contributed by atoms with Crippen molar-refractivity contribution in [3.05, 3.63) is 11.8 Å². The van der Waals surface area contributed by atoms with Crippen LogP contribution >= 0.6 is 0 Å². The molecule has 0 saturated carbocycles. The van der Waals surface area contributed by atoms with E-state index in [-0.39, 0.29) is 17.6 Å². The quantitative estimate of drug-likeness (QED) is 0.680. The summed E-state index contributed by atoms with van der Waals surface area (Å²) in [5.74, 6) is 0.0722. The van der Waals surface area contributed by atoms with Crippen molar-refractivity contribution >= 4 is 9.84 Å². The first kappa shape index (κ1) is 10.9. The Morgan fingerprint density at radius 3 is 2.64 bits per heavy atom. The standard InChI is InChI=1S/C7H10N2O4S/c1-13-6-5(4-10)3-8-7(9-6)14(2,11)12/h3,10H,4H2,1-2H3. The topological polar surface area (TPSA) is 89.4 Å². The Morgan fingerprint density at radius 2 is 2.21 bits per heavy atom. The van der Waals surface area contributed by atoms with Crippen molar-refractivity contribution in [2.45, 2.75) is 11.8 Å². The van der Waals surface area contributed by atoms with Gasteiger partial charge in [0.2, 0.25) is 20.9 Å². The molecule has 0 aromatic carbocycles. The summed E-state index contributed by atoms with van der Waals surface area (Å²) in [5, 5.41) is 8.52. The van der Waals surface area contributed by atoms with Gasteiger partial charge in [-0.05, 0) is 0 Å². The molecule has 0 saturated heterocycles. The number of sulfone groups is 1. The van der Waals surface area contributed by atoms with Crippen LogP contribution in [0.5, 0.6) is 5.88 Å². The van der Waals surface area contributed by atoms with Crippen molar-refractivity contribution in [2.24, 2.45) is 0 Å². The van der Waals surface area contributed by atoms with E-state index < -0.39 is 9.84 Å². The summed E-state index contributed by atoms with van der Waals surface area (Å²) in [7, 11) is -2.10. The van der Waals surface area contributed by atoms with Crippen molar-refractivity contribution in [3.63, 3.8) is 0 Å². The van der Waals surface area contributed by atoms with E-state index in [2.05, 4.69) is 9.97 Å². The van der Waals surface area contributed by atoms with Gasteiger partial charge in [0.25, 0.3) is 0 Å². The lowest BCUT2D eigenvalue weighted by Crippen LogP contribution is -2.07. The van der Waals surface area contributed by atoms with Gasteiger partial charge in [-0.2, -0.15) is 4.98 Å². The zero-order chi connectivity index (χ0) is 10.8. The van der Waals surface area contributed by atoms with Gasteiger partial charge in [0.15, 0.2) is 0 Å². The van der Waals surface area contributed by atoms with E-state index in [1.165, 1.54) is 13.3 Å². The molecule has 0 unspecified atom stereocenters. The van der Waals surface area contributed by atoms with E-state index in [1.807, 2.05) is 0 Å². The van der Waals surface area contributed by atoms with Crippen LogP contribution in [0.2, 0.25) is 0 Å². The van der Waals surface area contributed by atoms with Gasteiger partial charge in [-0.1, -0.05) is 0 Å². The average Bonchev–Trinajstić information content (AvgIpc) is 2.15. The zero-order valence-corrected chi connectivity index (χ0v) is 8.58. The number of methoxy groups -OCH3 is 1. The zero-order valence-electron chi connectivity index (χ0n) is 7.76. The minimum absolute atomic E-state index is 0.0722. The summed E-state index contributed by atoms with van der Waals surface area (Å²) in [5.41, 5.74) is 0.347. The van der Waals surface area contributed by atoms with Crippen molar-refractivity contribution in [3.8, 4) is 5.88 Å². The SMILES string of the molecule is COc1nc(S(C)(=O)=O)ncc1CO. The van der Waals surface area contributed by atoms with Crippen molar-refractivity contribution in [1.82, 2.24) is 9.97 Å².